The number of hydrogen-bond acceptors (Lipinski definition) is 8. The highest BCUT2D eigenvalue weighted by Crippen LogP contribution is 2.43. The first-order valence-corrected chi connectivity index (χ1v) is 10.6. The van der Waals surface area contributed by atoms with E-state index in [9.17, 15) is 14.7 Å². The van der Waals surface area contributed by atoms with Gasteiger partial charge in [0.25, 0.3) is 5.78 Å². The fourth-order valence-electron chi connectivity index (χ4n) is 3.99. The van der Waals surface area contributed by atoms with Crippen molar-refractivity contribution in [1.82, 2.24) is 15.2 Å². The summed E-state index contributed by atoms with van der Waals surface area (Å²) in [7, 11) is 0. The summed E-state index contributed by atoms with van der Waals surface area (Å²) in [4.78, 5) is 31.5. The summed E-state index contributed by atoms with van der Waals surface area (Å²) < 4.78 is 5.72. The molecule has 0 radical (unpaired) electrons. The van der Waals surface area contributed by atoms with Gasteiger partial charge in [-0.2, -0.15) is 0 Å². The SMILES string of the molecule is Cc1nnc(N2C(=O)C(=O)/C(=C(/O)c3ccc4c(c3)C[C@H](C)O4)[C@H]2c2cccnc2)s1. The second kappa shape index (κ2) is 7.28. The highest BCUT2D eigenvalue weighted by molar-refractivity contribution is 7.15. The number of aliphatic hydroxyl groups excluding tert-OH is 1. The minimum Gasteiger partial charge on any atom is -0.507 e. The van der Waals surface area contributed by atoms with Crippen molar-refractivity contribution in [3.8, 4) is 5.75 Å². The molecule has 0 aliphatic carbocycles. The quantitative estimate of drug-likeness (QED) is 0.383. The minimum atomic E-state index is -0.857. The van der Waals surface area contributed by atoms with Crippen molar-refractivity contribution < 1.29 is 19.4 Å². The van der Waals surface area contributed by atoms with E-state index in [-0.39, 0.29) is 17.4 Å². The number of fused-ring (bicyclic) bond motifs is 1. The number of ether oxygens (including phenoxy) is 1. The lowest BCUT2D eigenvalue weighted by atomic mass is 9.95. The van der Waals surface area contributed by atoms with Gasteiger partial charge in [0.15, 0.2) is 0 Å². The number of carbonyl (C=O) groups is 2. The van der Waals surface area contributed by atoms with Gasteiger partial charge >= 0.3 is 5.91 Å². The van der Waals surface area contributed by atoms with Crippen molar-refractivity contribution in [2.75, 3.05) is 4.90 Å². The Balaban J connectivity index is 1.68. The molecule has 4 heterocycles. The van der Waals surface area contributed by atoms with E-state index in [0.717, 1.165) is 11.3 Å². The van der Waals surface area contributed by atoms with Crippen molar-refractivity contribution >= 4 is 33.9 Å². The third kappa shape index (κ3) is 3.17. The molecule has 1 N–H and O–H groups in total. The number of anilines is 1. The molecule has 156 valence electrons. The topological polar surface area (TPSA) is 106 Å². The predicted molar refractivity (Wildman–Crippen MR) is 114 cm³/mol. The average Bonchev–Trinajstić information content (AvgIpc) is 3.43. The Morgan fingerprint density at radius 2 is 2.10 bits per heavy atom. The summed E-state index contributed by atoms with van der Waals surface area (Å²) in [6.45, 7) is 3.74. The zero-order chi connectivity index (χ0) is 21.7. The van der Waals surface area contributed by atoms with E-state index in [1.807, 2.05) is 6.92 Å². The van der Waals surface area contributed by atoms with Gasteiger partial charge in [-0.3, -0.25) is 19.5 Å². The number of hydrogen-bond donors (Lipinski definition) is 1. The molecule has 1 amide bonds. The normalized spacial score (nSPS) is 21.9. The van der Waals surface area contributed by atoms with Gasteiger partial charge < -0.3 is 9.84 Å². The number of carbonyl (C=O) groups excluding carboxylic acids is 2. The second-order valence-electron chi connectivity index (χ2n) is 7.51. The van der Waals surface area contributed by atoms with E-state index in [1.165, 1.54) is 16.2 Å². The van der Waals surface area contributed by atoms with Crippen LogP contribution in [-0.4, -0.2) is 38.1 Å². The molecule has 1 fully saturated rings. The van der Waals surface area contributed by atoms with Crippen molar-refractivity contribution in [1.29, 1.82) is 0 Å². The third-order valence-corrected chi connectivity index (χ3v) is 6.17. The number of pyridine rings is 1. The molecule has 5 rings (SSSR count). The molecule has 31 heavy (non-hydrogen) atoms. The summed E-state index contributed by atoms with van der Waals surface area (Å²) in [6, 6.07) is 7.89. The van der Waals surface area contributed by atoms with Crippen LogP contribution in [0.4, 0.5) is 5.13 Å². The van der Waals surface area contributed by atoms with E-state index in [4.69, 9.17) is 4.74 Å². The standard InChI is InChI=1S/C22H18N4O4S/c1-11-8-15-9-13(5-6-16(15)30-11)19(27)17-18(14-4-3-7-23-10-14)26(21(29)20(17)28)22-25-24-12(2)31-22/h3-7,9-11,18,27H,8H2,1-2H3/b19-17+/t11-,18+/m0/s1. The first-order chi connectivity index (χ1) is 14.9. The first kappa shape index (κ1) is 19.4. The van der Waals surface area contributed by atoms with Crippen LogP contribution in [0.3, 0.4) is 0 Å². The van der Waals surface area contributed by atoms with Gasteiger partial charge in [-0.15, -0.1) is 10.2 Å². The smallest absolute Gasteiger partial charge is 0.301 e. The first-order valence-electron chi connectivity index (χ1n) is 9.75. The third-order valence-electron chi connectivity index (χ3n) is 5.34. The van der Waals surface area contributed by atoms with Crippen LogP contribution in [0.2, 0.25) is 0 Å². The Bertz CT molecular complexity index is 1240. The van der Waals surface area contributed by atoms with Crippen LogP contribution in [0.1, 0.15) is 34.7 Å². The van der Waals surface area contributed by atoms with Crippen LogP contribution in [-0.2, 0) is 16.0 Å². The van der Waals surface area contributed by atoms with E-state index < -0.39 is 17.7 Å². The zero-order valence-electron chi connectivity index (χ0n) is 16.8. The fourth-order valence-corrected chi connectivity index (χ4v) is 4.71. The number of nitrogens with zero attached hydrogens (tertiary/aromatic N) is 4. The average molecular weight is 434 g/mol. The lowest BCUT2D eigenvalue weighted by Gasteiger charge is -2.22. The Morgan fingerprint density at radius 1 is 1.26 bits per heavy atom. The van der Waals surface area contributed by atoms with Gasteiger partial charge in [0.2, 0.25) is 5.13 Å². The Hall–Kier alpha value is -3.59. The number of aryl methyl sites for hydroxylation is 1. The minimum absolute atomic E-state index is 0.00207. The summed E-state index contributed by atoms with van der Waals surface area (Å²) in [5.74, 6) is -1.01. The molecule has 1 saturated heterocycles. The molecule has 2 aliphatic heterocycles. The highest BCUT2D eigenvalue weighted by Gasteiger charge is 2.48. The van der Waals surface area contributed by atoms with Gasteiger partial charge in [0.1, 0.15) is 22.6 Å². The van der Waals surface area contributed by atoms with Crippen molar-refractivity contribution in [3.63, 3.8) is 0 Å². The molecule has 9 heteroatoms. The van der Waals surface area contributed by atoms with Gasteiger partial charge in [0.05, 0.1) is 11.6 Å². The Kier molecular flexibility index (Phi) is 4.55. The number of aromatic nitrogens is 3. The molecule has 3 aromatic rings. The van der Waals surface area contributed by atoms with Crippen LogP contribution in [0.5, 0.6) is 5.75 Å². The molecule has 2 atom stereocenters. The van der Waals surface area contributed by atoms with Crippen LogP contribution < -0.4 is 9.64 Å². The summed E-state index contributed by atoms with van der Waals surface area (Å²) >= 11 is 1.20. The van der Waals surface area contributed by atoms with E-state index in [1.54, 1.807) is 49.6 Å². The van der Waals surface area contributed by atoms with E-state index >= 15 is 0 Å². The molecule has 0 spiro atoms. The maximum Gasteiger partial charge on any atom is 0.301 e. The number of ketones is 1. The van der Waals surface area contributed by atoms with Gasteiger partial charge in [0, 0.05) is 24.4 Å². The number of aliphatic hydroxyl groups is 1. The van der Waals surface area contributed by atoms with Crippen LogP contribution in [0.25, 0.3) is 5.76 Å². The summed E-state index contributed by atoms with van der Waals surface area (Å²) in [5, 5.41) is 20.2. The summed E-state index contributed by atoms with van der Waals surface area (Å²) in [6.07, 6.45) is 3.94. The van der Waals surface area contributed by atoms with Gasteiger partial charge in [-0.05, 0) is 49.2 Å². The van der Waals surface area contributed by atoms with Gasteiger partial charge in [-0.25, -0.2) is 0 Å². The lowest BCUT2D eigenvalue weighted by Crippen LogP contribution is -2.29. The molecule has 8 nitrogen and oxygen atoms in total. The van der Waals surface area contributed by atoms with Crippen LogP contribution in [0, 0.1) is 6.92 Å². The molecular weight excluding hydrogens is 416 g/mol. The largest absolute Gasteiger partial charge is 0.507 e. The Labute approximate surface area is 181 Å². The molecule has 2 aliphatic rings. The molecular formula is C22H18N4O4S. The zero-order valence-corrected chi connectivity index (χ0v) is 17.6. The summed E-state index contributed by atoms with van der Waals surface area (Å²) in [5.41, 5.74) is 1.99. The number of benzene rings is 1. The van der Waals surface area contributed by atoms with Gasteiger partial charge in [-0.1, -0.05) is 17.4 Å². The van der Waals surface area contributed by atoms with Crippen molar-refractivity contribution in [2.45, 2.75) is 32.4 Å². The molecule has 1 aromatic carbocycles. The maximum atomic E-state index is 13.1. The monoisotopic (exact) mass is 434 g/mol. The van der Waals surface area contributed by atoms with Crippen LogP contribution >= 0.6 is 11.3 Å². The maximum absolute atomic E-state index is 13.1. The fraction of sp³-hybridized carbons (Fsp3) is 0.227. The van der Waals surface area contributed by atoms with E-state index in [0.29, 0.717) is 27.7 Å². The van der Waals surface area contributed by atoms with Crippen molar-refractivity contribution in [3.05, 3.63) is 70.0 Å². The molecule has 0 unspecified atom stereocenters. The molecule has 0 bridgehead atoms. The number of Topliss-reactive ketones (excluding diaryl/α,β-unsaturated/α-hetero) is 1. The lowest BCUT2D eigenvalue weighted by molar-refractivity contribution is -0.132. The van der Waals surface area contributed by atoms with Crippen LogP contribution in [0.15, 0.2) is 48.3 Å². The highest BCUT2D eigenvalue weighted by atomic mass is 32.1. The molecule has 2 aromatic heterocycles. The molecule has 0 saturated carbocycles. The Morgan fingerprint density at radius 3 is 2.81 bits per heavy atom. The second-order valence-corrected chi connectivity index (χ2v) is 8.67. The van der Waals surface area contributed by atoms with E-state index in [2.05, 4.69) is 15.2 Å². The predicted octanol–water partition coefficient (Wildman–Crippen LogP) is 3.19. The number of rotatable bonds is 3. The van der Waals surface area contributed by atoms with Crippen molar-refractivity contribution in [2.24, 2.45) is 0 Å². The number of amides is 1.